The molecule has 0 saturated heterocycles. The van der Waals surface area contributed by atoms with Crippen LogP contribution in [0.1, 0.15) is 22.3 Å². The largest absolute Gasteiger partial charge is 0.492 e. The summed E-state index contributed by atoms with van der Waals surface area (Å²) in [6.45, 7) is -0.338. The third kappa shape index (κ3) is 10.4. The number of hydrogen-bond donors (Lipinski definition) is 1. The summed E-state index contributed by atoms with van der Waals surface area (Å²) in [6, 6.07) is 18.4. The van der Waals surface area contributed by atoms with Crippen LogP contribution in [0.25, 0.3) is 0 Å². The predicted molar refractivity (Wildman–Crippen MR) is 149 cm³/mol. The molecule has 0 aliphatic carbocycles. The Morgan fingerprint density at radius 1 is 0.756 bits per heavy atom. The lowest BCUT2D eigenvalue weighted by Crippen LogP contribution is -2.02. The van der Waals surface area contributed by atoms with Crippen LogP contribution in [-0.2, 0) is 13.2 Å². The Bertz CT molecular complexity index is 1560. The van der Waals surface area contributed by atoms with Gasteiger partial charge >= 0.3 is 0 Å². The lowest BCUT2D eigenvalue weighted by Gasteiger charge is -2.10. The maximum Gasteiger partial charge on any atom is 0.258 e. The zero-order valence-corrected chi connectivity index (χ0v) is 24.7. The van der Waals surface area contributed by atoms with E-state index in [0.717, 1.165) is 6.07 Å². The van der Waals surface area contributed by atoms with Gasteiger partial charge in [0, 0.05) is 11.1 Å². The molecule has 0 bridgehead atoms. The number of ether oxygens (including phenoxy) is 3. The Balaban J connectivity index is 0.000000236. The molecule has 0 fully saturated rings. The molecule has 0 atom stereocenters. The fraction of sp³-hybridized carbons (Fsp3) is 0.143. The van der Waals surface area contributed by atoms with Gasteiger partial charge in [-0.3, -0.25) is 0 Å². The van der Waals surface area contributed by atoms with Crippen molar-refractivity contribution >= 4 is 31.9 Å². The first kappa shape index (κ1) is 33.0. The van der Waals surface area contributed by atoms with Crippen molar-refractivity contribution in [3.05, 3.63) is 110 Å². The molecule has 2 aromatic carbocycles. The van der Waals surface area contributed by atoms with Crippen molar-refractivity contribution in [1.29, 1.82) is 10.5 Å². The minimum Gasteiger partial charge on any atom is -0.492 e. The van der Waals surface area contributed by atoms with E-state index in [2.05, 4.69) is 46.6 Å². The summed E-state index contributed by atoms with van der Waals surface area (Å²) in [5, 5.41) is 25.6. The molecule has 13 heteroatoms. The number of nitrogens with zero attached hydrogens (tertiary/aromatic N) is 4. The van der Waals surface area contributed by atoms with Crippen molar-refractivity contribution in [2.24, 2.45) is 0 Å². The highest BCUT2D eigenvalue weighted by Crippen LogP contribution is 2.27. The monoisotopic (exact) mass is 692 g/mol. The Labute approximate surface area is 250 Å². The summed E-state index contributed by atoms with van der Waals surface area (Å²) < 4.78 is 55.3. The van der Waals surface area contributed by atoms with Crippen LogP contribution >= 0.6 is 31.9 Å². The van der Waals surface area contributed by atoms with Crippen LogP contribution in [0.15, 0.2) is 69.9 Å². The van der Waals surface area contributed by atoms with Crippen LogP contribution in [-0.4, -0.2) is 29.3 Å². The number of hydrogen-bond acceptors (Lipinski definition) is 8. The number of halogens is 5. The van der Waals surface area contributed by atoms with Gasteiger partial charge in [0.25, 0.3) is 11.8 Å². The Morgan fingerprint density at radius 2 is 1.27 bits per heavy atom. The van der Waals surface area contributed by atoms with Gasteiger partial charge in [-0.05, 0) is 80.4 Å². The summed E-state index contributed by atoms with van der Waals surface area (Å²) in [7, 11) is 2.90. The zero-order chi connectivity index (χ0) is 30.4. The molecular formula is C28H21Br2F3N4O4. The number of aliphatic hydroxyl groups excluding tert-OH is 1. The van der Waals surface area contributed by atoms with Crippen LogP contribution in [0.5, 0.6) is 17.4 Å². The molecular weight excluding hydrogens is 673 g/mol. The number of methoxy groups -OCH3 is 2. The summed E-state index contributed by atoms with van der Waals surface area (Å²) in [5.74, 6) is -0.738. The van der Waals surface area contributed by atoms with Crippen molar-refractivity contribution < 1.29 is 32.5 Å². The highest BCUT2D eigenvalue weighted by molar-refractivity contribution is 9.10. The normalized spacial score (nSPS) is 9.61. The molecule has 0 amide bonds. The summed E-state index contributed by atoms with van der Waals surface area (Å²) in [4.78, 5) is 7.59. The number of aromatic nitrogens is 2. The molecule has 0 aliphatic rings. The molecule has 2 aromatic heterocycles. The minimum absolute atomic E-state index is 0.00262. The fourth-order valence-corrected chi connectivity index (χ4v) is 3.42. The zero-order valence-electron chi connectivity index (χ0n) is 21.5. The van der Waals surface area contributed by atoms with E-state index in [1.807, 2.05) is 6.07 Å². The standard InChI is InChI=1S/C14H10BrFN2O2.C8H6FNO.C6H5BrFNO/c1-19-12-4-5-13(15)18-14(12)20-8-10-3-2-9(7-17)6-11(10)16;9-8-3-6(4-10)1-2-7(8)5-11;1-10-4-2-3-5(7)9-6(4)8/h2-6H,8H2,1H3;1-3,11H,5H2;2-3H,1H3. The number of pyridine rings is 2. The second kappa shape index (κ2) is 16.8. The van der Waals surface area contributed by atoms with Crippen LogP contribution in [0.2, 0.25) is 0 Å². The first-order valence-corrected chi connectivity index (χ1v) is 12.9. The molecule has 212 valence electrons. The van der Waals surface area contributed by atoms with Gasteiger partial charge in [-0.2, -0.15) is 14.9 Å². The van der Waals surface area contributed by atoms with Crippen molar-refractivity contribution in [1.82, 2.24) is 9.97 Å². The van der Waals surface area contributed by atoms with Crippen LogP contribution in [0.4, 0.5) is 13.2 Å². The molecule has 0 spiro atoms. The van der Waals surface area contributed by atoms with Gasteiger partial charge in [-0.15, -0.1) is 0 Å². The Kier molecular flexibility index (Phi) is 13.6. The quantitative estimate of drug-likeness (QED) is 0.224. The van der Waals surface area contributed by atoms with Crippen LogP contribution in [0.3, 0.4) is 0 Å². The topological polar surface area (TPSA) is 121 Å². The molecule has 1 N–H and O–H groups in total. The van der Waals surface area contributed by atoms with Crippen molar-refractivity contribution in [3.8, 4) is 29.5 Å². The van der Waals surface area contributed by atoms with E-state index in [1.165, 1.54) is 50.6 Å². The molecule has 0 radical (unpaired) electrons. The van der Waals surface area contributed by atoms with Gasteiger partial charge in [-0.25, -0.2) is 18.7 Å². The molecule has 8 nitrogen and oxygen atoms in total. The van der Waals surface area contributed by atoms with E-state index in [0.29, 0.717) is 20.5 Å². The smallest absolute Gasteiger partial charge is 0.258 e. The van der Waals surface area contributed by atoms with Crippen LogP contribution in [0, 0.1) is 40.2 Å². The number of nitriles is 2. The number of rotatable bonds is 6. The maximum absolute atomic E-state index is 13.7. The van der Waals surface area contributed by atoms with Gasteiger partial charge in [0.05, 0.1) is 44.1 Å². The van der Waals surface area contributed by atoms with E-state index in [-0.39, 0.29) is 41.5 Å². The fourth-order valence-electron chi connectivity index (χ4n) is 2.84. The highest BCUT2D eigenvalue weighted by atomic mass is 79.9. The summed E-state index contributed by atoms with van der Waals surface area (Å²) in [5.41, 5.74) is 1.08. The molecule has 0 saturated carbocycles. The average Bonchev–Trinajstić information content (AvgIpc) is 2.97. The van der Waals surface area contributed by atoms with E-state index >= 15 is 0 Å². The Hall–Kier alpha value is -4.17. The first-order valence-electron chi connectivity index (χ1n) is 11.3. The first-order chi connectivity index (χ1) is 19.6. The Morgan fingerprint density at radius 3 is 1.73 bits per heavy atom. The number of benzene rings is 2. The molecule has 2 heterocycles. The van der Waals surface area contributed by atoms with Crippen LogP contribution < -0.4 is 14.2 Å². The van der Waals surface area contributed by atoms with E-state index in [9.17, 15) is 13.2 Å². The van der Waals surface area contributed by atoms with Gasteiger partial charge < -0.3 is 19.3 Å². The number of aliphatic hydroxyl groups is 1. The van der Waals surface area contributed by atoms with Crippen molar-refractivity contribution in [2.75, 3.05) is 14.2 Å². The summed E-state index contributed by atoms with van der Waals surface area (Å²) >= 11 is 6.25. The van der Waals surface area contributed by atoms with E-state index in [4.69, 9.17) is 25.1 Å². The third-order valence-electron chi connectivity index (χ3n) is 4.91. The molecule has 4 aromatic rings. The summed E-state index contributed by atoms with van der Waals surface area (Å²) in [6.07, 6.45) is 0. The lowest BCUT2D eigenvalue weighted by atomic mass is 10.1. The molecule has 0 unspecified atom stereocenters. The third-order valence-corrected chi connectivity index (χ3v) is 5.79. The van der Waals surface area contributed by atoms with Gasteiger partial charge in [-0.1, -0.05) is 12.1 Å². The average molecular weight is 694 g/mol. The SMILES string of the molecule is COc1ccc(Br)nc1F.COc1ccc(Br)nc1OCc1ccc(C#N)cc1F.N#Cc1ccc(CO)c(F)c1. The van der Waals surface area contributed by atoms with Crippen molar-refractivity contribution in [3.63, 3.8) is 0 Å². The minimum atomic E-state index is -0.600. The lowest BCUT2D eigenvalue weighted by molar-refractivity contribution is 0.267. The van der Waals surface area contributed by atoms with E-state index in [1.54, 1.807) is 24.3 Å². The second-order valence-corrected chi connectivity index (χ2v) is 9.18. The highest BCUT2D eigenvalue weighted by Gasteiger charge is 2.10. The van der Waals surface area contributed by atoms with Gasteiger partial charge in [0.1, 0.15) is 27.4 Å². The maximum atomic E-state index is 13.7. The molecule has 4 rings (SSSR count). The predicted octanol–water partition coefficient (Wildman–Crippen LogP) is 6.62. The molecule has 0 aliphatic heterocycles. The van der Waals surface area contributed by atoms with Crippen molar-refractivity contribution in [2.45, 2.75) is 13.2 Å². The molecule has 41 heavy (non-hydrogen) atoms. The van der Waals surface area contributed by atoms with Gasteiger partial charge in [0.2, 0.25) is 0 Å². The van der Waals surface area contributed by atoms with E-state index < -0.39 is 17.6 Å². The van der Waals surface area contributed by atoms with Gasteiger partial charge in [0.15, 0.2) is 11.5 Å². The second-order valence-electron chi connectivity index (χ2n) is 7.55.